The predicted molar refractivity (Wildman–Crippen MR) is 129 cm³/mol. The number of nitrogens with zero attached hydrogens (tertiary/aromatic N) is 3. The van der Waals surface area contributed by atoms with E-state index in [4.69, 9.17) is 20.3 Å². The minimum atomic E-state index is -1.98. The number of cyclic esters (lactones) is 1. The molecule has 2 aromatic heterocycles. The molecule has 1 atom stereocenters. The topological polar surface area (TPSA) is 157 Å². The Labute approximate surface area is 209 Å². The molecule has 3 aromatic rings. The van der Waals surface area contributed by atoms with Crippen molar-refractivity contribution in [3.63, 3.8) is 0 Å². The van der Waals surface area contributed by atoms with E-state index in [9.17, 15) is 23.9 Å². The number of benzene rings is 1. The first-order valence-corrected chi connectivity index (χ1v) is 11.7. The molecule has 2 aliphatic heterocycles. The number of hydrogen-bond acceptors (Lipinski definition) is 9. The molecule has 37 heavy (non-hydrogen) atoms. The maximum Gasteiger partial charge on any atom is 0.409 e. The number of halogens is 1. The van der Waals surface area contributed by atoms with E-state index in [1.807, 2.05) is 0 Å². The molecule has 1 amide bonds. The Balaban J connectivity index is 1.73. The van der Waals surface area contributed by atoms with Crippen LogP contribution in [0.15, 0.2) is 23.0 Å². The van der Waals surface area contributed by atoms with Crippen molar-refractivity contribution in [2.45, 2.75) is 38.6 Å². The average molecular weight is 512 g/mol. The van der Waals surface area contributed by atoms with Crippen LogP contribution in [-0.4, -0.2) is 57.0 Å². The third-order valence-electron chi connectivity index (χ3n) is 6.95. The lowest BCUT2D eigenvalue weighted by Gasteiger charge is -2.31. The highest BCUT2D eigenvalue weighted by Crippen LogP contribution is 2.41. The van der Waals surface area contributed by atoms with E-state index < -0.39 is 29.0 Å². The number of rotatable bonds is 5. The van der Waals surface area contributed by atoms with E-state index in [-0.39, 0.29) is 61.7 Å². The number of esters is 1. The molecule has 5 rings (SSSR count). The van der Waals surface area contributed by atoms with Crippen LogP contribution in [-0.2, 0) is 39.6 Å². The predicted octanol–water partition coefficient (Wildman–Crippen LogP) is 1.36. The van der Waals surface area contributed by atoms with Gasteiger partial charge in [0.2, 0.25) is 0 Å². The van der Waals surface area contributed by atoms with Gasteiger partial charge in [-0.3, -0.25) is 4.79 Å². The molecule has 4 N–H and O–H groups in total. The van der Waals surface area contributed by atoms with Crippen molar-refractivity contribution >= 4 is 28.7 Å². The van der Waals surface area contributed by atoms with E-state index in [0.717, 1.165) is 0 Å². The fraction of sp³-hybridized carbons (Fsp3) is 0.360. The monoisotopic (exact) mass is 512 g/mol. The first-order valence-electron chi connectivity index (χ1n) is 11.7. The molecule has 1 aromatic carbocycles. The number of aliphatic hydroxyl groups is 2. The summed E-state index contributed by atoms with van der Waals surface area (Å²) >= 11 is 0. The van der Waals surface area contributed by atoms with Crippen LogP contribution < -0.4 is 11.3 Å². The molecule has 2 aliphatic rings. The van der Waals surface area contributed by atoms with Gasteiger partial charge in [-0.15, -0.1) is 0 Å². The minimum absolute atomic E-state index is 0.00375. The van der Waals surface area contributed by atoms with Crippen molar-refractivity contribution in [2.24, 2.45) is 0 Å². The van der Waals surface area contributed by atoms with Gasteiger partial charge in [0.25, 0.3) is 5.56 Å². The summed E-state index contributed by atoms with van der Waals surface area (Å²) in [4.78, 5) is 44.2. The van der Waals surface area contributed by atoms with Gasteiger partial charge in [-0.05, 0) is 24.1 Å². The number of carbonyl (C=O) groups excluding carboxylic acids is 2. The van der Waals surface area contributed by atoms with Crippen LogP contribution in [0.2, 0.25) is 0 Å². The smallest absolute Gasteiger partial charge is 0.409 e. The van der Waals surface area contributed by atoms with Crippen LogP contribution in [0.4, 0.5) is 14.9 Å². The maximum absolute atomic E-state index is 14.4. The second kappa shape index (κ2) is 8.82. The molecule has 0 unspecified atom stereocenters. The third kappa shape index (κ3) is 3.71. The number of fused-ring (bicyclic) bond motifs is 5. The molecule has 0 bridgehead atoms. The standard InChI is InChI=1S/C25H25FN4O7/c1-3-25(35)16-7-20-21-14(10-30(20)22(32)15(16)11-37-23(25)33)13(9-29(2)24(34)36-5-4-31)12-6-18(27)17(26)8-19(12)28-21/h6-8,31,35H,3-5,9-11,27H2,1-2H3/t25-/m0/s1. The molecule has 0 fully saturated rings. The Morgan fingerprint density at radius 1 is 1.32 bits per heavy atom. The maximum atomic E-state index is 14.4. The highest BCUT2D eigenvalue weighted by Gasteiger charge is 2.45. The van der Waals surface area contributed by atoms with E-state index in [0.29, 0.717) is 27.9 Å². The summed E-state index contributed by atoms with van der Waals surface area (Å²) in [5.41, 5.74) is 5.79. The molecular formula is C25H25FN4O7. The lowest BCUT2D eigenvalue weighted by Crippen LogP contribution is -2.44. The SMILES string of the molecule is CC[C@@]1(O)C(=O)OCc2c1cc1n(c2=O)Cc2c-1nc1cc(F)c(N)cc1c2CN(C)C(=O)OCCO. The van der Waals surface area contributed by atoms with Crippen molar-refractivity contribution in [1.82, 2.24) is 14.5 Å². The fourth-order valence-corrected chi connectivity index (χ4v) is 4.93. The largest absolute Gasteiger partial charge is 0.458 e. The Hall–Kier alpha value is -4.03. The summed E-state index contributed by atoms with van der Waals surface area (Å²) in [7, 11) is 1.50. The number of pyridine rings is 2. The zero-order valence-corrected chi connectivity index (χ0v) is 20.2. The highest BCUT2D eigenvalue weighted by molar-refractivity contribution is 5.91. The Bertz CT molecular complexity index is 1540. The zero-order chi connectivity index (χ0) is 26.6. The number of carbonyl (C=O) groups is 2. The van der Waals surface area contributed by atoms with Gasteiger partial charge >= 0.3 is 12.1 Å². The van der Waals surface area contributed by atoms with Crippen LogP contribution in [0.1, 0.15) is 35.6 Å². The van der Waals surface area contributed by atoms with Gasteiger partial charge in [0.1, 0.15) is 19.0 Å². The molecule has 0 spiro atoms. The lowest BCUT2D eigenvalue weighted by molar-refractivity contribution is -0.172. The van der Waals surface area contributed by atoms with E-state index in [1.165, 1.54) is 28.6 Å². The number of hydrogen-bond donors (Lipinski definition) is 3. The van der Waals surface area contributed by atoms with Gasteiger partial charge < -0.3 is 34.9 Å². The average Bonchev–Trinajstić information content (AvgIpc) is 3.24. The Kier molecular flexibility index (Phi) is 5.88. The molecule has 0 radical (unpaired) electrons. The molecule has 12 heteroatoms. The van der Waals surface area contributed by atoms with Gasteiger partial charge in [0, 0.05) is 36.2 Å². The van der Waals surface area contributed by atoms with Crippen LogP contribution in [0.25, 0.3) is 22.3 Å². The van der Waals surface area contributed by atoms with Gasteiger partial charge in [-0.25, -0.2) is 19.0 Å². The number of aromatic nitrogens is 2. The third-order valence-corrected chi connectivity index (χ3v) is 6.95. The second-order valence-electron chi connectivity index (χ2n) is 9.11. The summed E-state index contributed by atoms with van der Waals surface area (Å²) in [5.74, 6) is -1.51. The summed E-state index contributed by atoms with van der Waals surface area (Å²) < 4.78 is 26.0. The number of aliphatic hydroxyl groups excluding tert-OH is 1. The normalized spacial score (nSPS) is 17.7. The second-order valence-corrected chi connectivity index (χ2v) is 9.11. The van der Waals surface area contributed by atoms with Gasteiger partial charge in [-0.2, -0.15) is 0 Å². The van der Waals surface area contributed by atoms with Crippen LogP contribution >= 0.6 is 0 Å². The summed E-state index contributed by atoms with van der Waals surface area (Å²) in [6.45, 7) is 0.934. The molecule has 0 saturated carbocycles. The first kappa shape index (κ1) is 24.7. The van der Waals surface area contributed by atoms with Crippen LogP contribution in [0.5, 0.6) is 0 Å². The molecular weight excluding hydrogens is 487 g/mol. The number of anilines is 1. The van der Waals surface area contributed by atoms with Crippen molar-refractivity contribution in [2.75, 3.05) is 26.0 Å². The van der Waals surface area contributed by atoms with E-state index in [2.05, 4.69) is 4.98 Å². The van der Waals surface area contributed by atoms with Gasteiger partial charge in [0.15, 0.2) is 5.60 Å². The Morgan fingerprint density at radius 3 is 2.78 bits per heavy atom. The minimum Gasteiger partial charge on any atom is -0.458 e. The number of amides is 1. The zero-order valence-electron chi connectivity index (χ0n) is 20.2. The lowest BCUT2D eigenvalue weighted by atomic mass is 9.86. The van der Waals surface area contributed by atoms with Gasteiger partial charge in [0.05, 0.1) is 41.3 Å². The number of nitrogen functional groups attached to an aromatic ring is 1. The van der Waals surface area contributed by atoms with Crippen LogP contribution in [0, 0.1) is 5.82 Å². The molecule has 0 aliphatic carbocycles. The quantitative estimate of drug-likeness (QED) is 0.265. The Morgan fingerprint density at radius 2 is 2.08 bits per heavy atom. The number of nitrogens with two attached hydrogens (primary N) is 1. The van der Waals surface area contributed by atoms with Gasteiger partial charge in [-0.1, -0.05) is 6.92 Å². The fourth-order valence-electron chi connectivity index (χ4n) is 4.93. The number of ether oxygens (including phenoxy) is 2. The highest BCUT2D eigenvalue weighted by atomic mass is 19.1. The molecule has 0 saturated heterocycles. The summed E-state index contributed by atoms with van der Waals surface area (Å²) in [5, 5.41) is 20.5. The van der Waals surface area contributed by atoms with Crippen molar-refractivity contribution < 1.29 is 33.7 Å². The summed E-state index contributed by atoms with van der Waals surface area (Å²) in [6, 6.07) is 4.17. The molecule has 194 valence electrons. The van der Waals surface area contributed by atoms with E-state index >= 15 is 0 Å². The summed E-state index contributed by atoms with van der Waals surface area (Å²) in [6.07, 6.45) is -0.689. The van der Waals surface area contributed by atoms with Crippen molar-refractivity contribution in [1.29, 1.82) is 0 Å². The van der Waals surface area contributed by atoms with E-state index in [1.54, 1.807) is 13.0 Å². The van der Waals surface area contributed by atoms with Crippen LogP contribution in [0.3, 0.4) is 0 Å². The van der Waals surface area contributed by atoms with Crippen molar-refractivity contribution in [3.05, 3.63) is 56.6 Å². The first-order chi connectivity index (χ1) is 17.6. The molecule has 11 nitrogen and oxygen atoms in total. The van der Waals surface area contributed by atoms with Crippen molar-refractivity contribution in [3.8, 4) is 11.4 Å². The molecule has 4 heterocycles.